The van der Waals surface area contributed by atoms with Crippen LogP contribution >= 0.6 is 0 Å². The van der Waals surface area contributed by atoms with Gasteiger partial charge < -0.3 is 13.9 Å². The van der Waals surface area contributed by atoms with E-state index in [2.05, 4.69) is 6.58 Å². The highest BCUT2D eigenvalue weighted by molar-refractivity contribution is 5.83. The highest BCUT2D eigenvalue weighted by Gasteiger charge is 2.44. The molecule has 3 rings (SSSR count). The summed E-state index contributed by atoms with van der Waals surface area (Å²) < 4.78 is 17.0. The molecule has 1 aromatic carbocycles. The van der Waals surface area contributed by atoms with E-state index in [9.17, 15) is 4.79 Å². The van der Waals surface area contributed by atoms with Crippen LogP contribution in [0.25, 0.3) is 11.0 Å². The summed E-state index contributed by atoms with van der Waals surface area (Å²) in [5.74, 6) is 0.679. The minimum Gasteiger partial charge on any atom is -0.489 e. The average Bonchev–Trinajstić information content (AvgIpc) is 3.26. The molecule has 1 fully saturated rings. The number of ether oxygens (including phenoxy) is 2. The van der Waals surface area contributed by atoms with Crippen LogP contribution in [-0.4, -0.2) is 12.7 Å². The van der Waals surface area contributed by atoms with Gasteiger partial charge in [-0.2, -0.15) is 0 Å². The third-order valence-electron chi connectivity index (χ3n) is 3.78. The zero-order valence-corrected chi connectivity index (χ0v) is 13.6. The third-order valence-corrected chi connectivity index (χ3v) is 3.78. The molecule has 2 atom stereocenters. The maximum Gasteiger partial charge on any atom is 0.336 e. The van der Waals surface area contributed by atoms with Gasteiger partial charge in [0.15, 0.2) is 0 Å². The van der Waals surface area contributed by atoms with Crippen molar-refractivity contribution in [3.63, 3.8) is 0 Å². The van der Waals surface area contributed by atoms with Gasteiger partial charge in [0.1, 0.15) is 30.1 Å². The molecule has 0 amide bonds. The second-order valence-electron chi connectivity index (χ2n) is 6.07. The molecule has 0 saturated carbocycles. The molecule has 0 N–H and O–H groups in total. The van der Waals surface area contributed by atoms with E-state index in [0.29, 0.717) is 17.9 Å². The molecular weight excluding hydrogens is 292 g/mol. The number of rotatable bonds is 5. The van der Waals surface area contributed by atoms with Crippen molar-refractivity contribution < 1.29 is 13.9 Å². The van der Waals surface area contributed by atoms with E-state index < -0.39 is 0 Å². The van der Waals surface area contributed by atoms with Crippen LogP contribution in [0.15, 0.2) is 57.3 Å². The van der Waals surface area contributed by atoms with Gasteiger partial charge in [0.25, 0.3) is 0 Å². The molecule has 0 unspecified atom stereocenters. The topological polar surface area (TPSA) is 52.0 Å². The van der Waals surface area contributed by atoms with Crippen molar-refractivity contribution in [2.45, 2.75) is 33.0 Å². The van der Waals surface area contributed by atoms with Crippen LogP contribution in [0, 0.1) is 0 Å². The van der Waals surface area contributed by atoms with E-state index in [0.717, 1.165) is 16.5 Å². The summed E-state index contributed by atoms with van der Waals surface area (Å²) in [6.07, 6.45) is 1.76. The number of hydrogen-bond acceptors (Lipinski definition) is 4. The van der Waals surface area contributed by atoms with Gasteiger partial charge >= 0.3 is 5.63 Å². The quantitative estimate of drug-likeness (QED) is 0.473. The molecule has 0 bridgehead atoms. The molecule has 1 saturated heterocycles. The summed E-state index contributed by atoms with van der Waals surface area (Å²) in [5, 5.41) is 0.852. The first-order valence-corrected chi connectivity index (χ1v) is 7.61. The van der Waals surface area contributed by atoms with Gasteiger partial charge in [0, 0.05) is 11.5 Å². The normalized spacial score (nSPS) is 19.4. The number of epoxide rings is 1. The fourth-order valence-electron chi connectivity index (χ4n) is 2.54. The first kappa shape index (κ1) is 15.6. The summed E-state index contributed by atoms with van der Waals surface area (Å²) >= 11 is 0. The second-order valence-corrected chi connectivity index (χ2v) is 6.07. The van der Waals surface area contributed by atoms with Gasteiger partial charge in [0.2, 0.25) is 0 Å². The average molecular weight is 312 g/mol. The Morgan fingerprint density at radius 2 is 2.00 bits per heavy atom. The number of benzene rings is 1. The maximum absolute atomic E-state index is 11.6. The second kappa shape index (κ2) is 6.05. The van der Waals surface area contributed by atoms with E-state index in [1.54, 1.807) is 6.07 Å². The predicted molar refractivity (Wildman–Crippen MR) is 89.8 cm³/mol. The van der Waals surface area contributed by atoms with Crippen LogP contribution in [-0.2, 0) is 4.74 Å². The van der Waals surface area contributed by atoms with Gasteiger partial charge in [-0.15, -0.1) is 0 Å². The Bertz CT molecular complexity index is 840. The molecule has 1 aromatic heterocycles. The van der Waals surface area contributed by atoms with Crippen LogP contribution in [0.5, 0.6) is 5.75 Å². The first-order valence-electron chi connectivity index (χ1n) is 7.61. The summed E-state index contributed by atoms with van der Waals surface area (Å²) in [6, 6.07) is 6.95. The van der Waals surface area contributed by atoms with Crippen molar-refractivity contribution in [3.05, 3.63) is 64.1 Å². The van der Waals surface area contributed by atoms with Crippen LogP contribution in [0.1, 0.15) is 32.4 Å². The Morgan fingerprint density at radius 3 is 2.65 bits per heavy atom. The standard InChI is InChI=1S/C19H20O4/c1-11(2)9-10-21-14-7-5-13-6-8-15(20)22-18(13)16(14)19-17(23-19)12(3)4/h5-9,17,19H,3,10H2,1-2,4H3/t17-,19-/m1/s1. The highest BCUT2D eigenvalue weighted by atomic mass is 16.6. The Balaban J connectivity index is 2.06. The molecule has 0 aliphatic carbocycles. The lowest BCUT2D eigenvalue weighted by molar-refractivity contribution is 0.344. The first-order chi connectivity index (χ1) is 11.0. The van der Waals surface area contributed by atoms with Gasteiger partial charge in [0.05, 0.1) is 5.56 Å². The molecule has 4 heteroatoms. The number of allylic oxidation sites excluding steroid dienone is 1. The molecular formula is C19H20O4. The molecule has 1 aliphatic rings. The fourth-order valence-corrected chi connectivity index (χ4v) is 2.54. The van der Waals surface area contributed by atoms with Gasteiger partial charge in [-0.25, -0.2) is 4.79 Å². The molecule has 2 heterocycles. The van der Waals surface area contributed by atoms with Crippen molar-refractivity contribution in [1.29, 1.82) is 0 Å². The van der Waals surface area contributed by atoms with E-state index in [-0.39, 0.29) is 17.8 Å². The van der Waals surface area contributed by atoms with E-state index in [4.69, 9.17) is 13.9 Å². The fraction of sp³-hybridized carbons (Fsp3) is 0.316. The molecule has 4 nitrogen and oxygen atoms in total. The van der Waals surface area contributed by atoms with Crippen LogP contribution in [0.3, 0.4) is 0 Å². The lowest BCUT2D eigenvalue weighted by Gasteiger charge is -2.11. The van der Waals surface area contributed by atoms with E-state index in [1.807, 2.05) is 39.0 Å². The van der Waals surface area contributed by atoms with Gasteiger partial charge in [-0.1, -0.05) is 12.2 Å². The summed E-state index contributed by atoms with van der Waals surface area (Å²) in [6.45, 7) is 10.4. The van der Waals surface area contributed by atoms with Gasteiger partial charge in [-0.05, 0) is 50.6 Å². The Labute approximate surface area is 135 Å². The molecule has 2 aromatic rings. The Kier molecular flexibility index (Phi) is 4.09. The van der Waals surface area contributed by atoms with Crippen LogP contribution < -0.4 is 10.4 Å². The highest BCUT2D eigenvalue weighted by Crippen LogP contribution is 2.48. The Hall–Kier alpha value is -2.33. The molecule has 1 aliphatic heterocycles. The van der Waals surface area contributed by atoms with Crippen LogP contribution in [0.4, 0.5) is 0 Å². The zero-order valence-electron chi connectivity index (χ0n) is 13.6. The lowest BCUT2D eigenvalue weighted by atomic mass is 10.0. The monoisotopic (exact) mass is 312 g/mol. The van der Waals surface area contributed by atoms with Crippen molar-refractivity contribution in [2.24, 2.45) is 0 Å². The maximum atomic E-state index is 11.6. The number of hydrogen-bond donors (Lipinski definition) is 0. The summed E-state index contributed by atoms with van der Waals surface area (Å²) in [4.78, 5) is 11.6. The SMILES string of the molecule is C=C(C)[C@H]1O[C@@H]1c1c(OCC=C(C)C)ccc2ccc(=O)oc12. The van der Waals surface area contributed by atoms with E-state index >= 15 is 0 Å². The summed E-state index contributed by atoms with van der Waals surface area (Å²) in [5.41, 5.74) is 3.06. The summed E-state index contributed by atoms with van der Waals surface area (Å²) in [7, 11) is 0. The minimum absolute atomic E-state index is 0.0584. The van der Waals surface area contributed by atoms with Crippen molar-refractivity contribution in [3.8, 4) is 5.75 Å². The molecule has 0 spiro atoms. The third kappa shape index (κ3) is 3.22. The lowest BCUT2D eigenvalue weighted by Crippen LogP contribution is -2.02. The van der Waals surface area contributed by atoms with Crippen LogP contribution in [0.2, 0.25) is 0 Å². The van der Waals surface area contributed by atoms with E-state index in [1.165, 1.54) is 11.6 Å². The molecule has 23 heavy (non-hydrogen) atoms. The minimum atomic E-state index is -0.382. The van der Waals surface area contributed by atoms with Crippen molar-refractivity contribution in [2.75, 3.05) is 6.61 Å². The molecule has 0 radical (unpaired) electrons. The zero-order chi connectivity index (χ0) is 16.6. The largest absolute Gasteiger partial charge is 0.489 e. The predicted octanol–water partition coefficient (Wildman–Crippen LogP) is 4.15. The number of fused-ring (bicyclic) bond motifs is 1. The van der Waals surface area contributed by atoms with Crippen molar-refractivity contribution >= 4 is 11.0 Å². The Morgan fingerprint density at radius 1 is 1.26 bits per heavy atom. The molecule has 120 valence electrons. The smallest absolute Gasteiger partial charge is 0.336 e. The van der Waals surface area contributed by atoms with Gasteiger partial charge in [-0.3, -0.25) is 0 Å². The van der Waals surface area contributed by atoms with Crippen molar-refractivity contribution in [1.82, 2.24) is 0 Å².